The molecule has 3 aromatic rings. The number of rotatable bonds is 3. The molecule has 24 heavy (non-hydrogen) atoms. The van der Waals surface area contributed by atoms with Crippen molar-refractivity contribution in [2.24, 2.45) is 0 Å². The summed E-state index contributed by atoms with van der Waals surface area (Å²) >= 11 is 0. The minimum Gasteiger partial charge on any atom is -0.471 e. The average molecular weight is 323 g/mol. The minimum atomic E-state index is -0.0599. The number of ether oxygens (including phenoxy) is 1. The molecule has 1 amide bonds. The molecular weight excluding hydrogens is 306 g/mol. The zero-order chi connectivity index (χ0) is 16.4. The number of nitrogens with one attached hydrogen (secondary N) is 1. The smallest absolute Gasteiger partial charge is 0.254 e. The Morgan fingerprint density at radius 3 is 3.12 bits per heavy atom. The lowest BCUT2D eigenvalue weighted by Crippen LogP contribution is -2.44. The van der Waals surface area contributed by atoms with Crippen LogP contribution in [0, 0.1) is 0 Å². The van der Waals surface area contributed by atoms with Gasteiger partial charge in [0.05, 0.1) is 30.1 Å². The number of aromatic amines is 1. The molecule has 122 valence electrons. The summed E-state index contributed by atoms with van der Waals surface area (Å²) in [4.78, 5) is 29.9. The number of benzene rings is 1. The molecule has 0 saturated carbocycles. The highest BCUT2D eigenvalue weighted by Crippen LogP contribution is 2.19. The summed E-state index contributed by atoms with van der Waals surface area (Å²) in [5.41, 5.74) is 2.38. The Bertz CT molecular complexity index is 848. The molecule has 3 heterocycles. The summed E-state index contributed by atoms with van der Waals surface area (Å²) in [7, 11) is 0. The number of nitrogens with zero attached hydrogens (tertiary/aromatic N) is 4. The highest BCUT2D eigenvalue weighted by Gasteiger charge is 2.26. The van der Waals surface area contributed by atoms with Gasteiger partial charge in [-0.3, -0.25) is 9.78 Å². The van der Waals surface area contributed by atoms with Crippen LogP contribution in [0.3, 0.4) is 0 Å². The van der Waals surface area contributed by atoms with Crippen molar-refractivity contribution in [2.45, 2.75) is 18.9 Å². The van der Waals surface area contributed by atoms with E-state index in [0.717, 1.165) is 30.4 Å². The molecule has 0 radical (unpaired) electrons. The Balaban J connectivity index is 1.47. The van der Waals surface area contributed by atoms with E-state index in [1.54, 1.807) is 24.9 Å². The molecule has 1 aromatic carbocycles. The molecule has 0 spiro atoms. The summed E-state index contributed by atoms with van der Waals surface area (Å²) in [6, 6.07) is 5.52. The second kappa shape index (κ2) is 6.27. The molecule has 1 unspecified atom stereocenters. The number of amides is 1. The van der Waals surface area contributed by atoms with Crippen LogP contribution < -0.4 is 4.74 Å². The fourth-order valence-electron chi connectivity index (χ4n) is 2.99. The van der Waals surface area contributed by atoms with Crippen LogP contribution in [0.4, 0.5) is 0 Å². The van der Waals surface area contributed by atoms with E-state index in [-0.39, 0.29) is 12.0 Å². The van der Waals surface area contributed by atoms with Crippen molar-refractivity contribution in [1.29, 1.82) is 0 Å². The number of hydrogen-bond donors (Lipinski definition) is 1. The van der Waals surface area contributed by atoms with E-state index in [2.05, 4.69) is 19.9 Å². The van der Waals surface area contributed by atoms with Gasteiger partial charge in [0.1, 0.15) is 6.10 Å². The largest absolute Gasteiger partial charge is 0.471 e. The second-order valence-electron chi connectivity index (χ2n) is 5.81. The van der Waals surface area contributed by atoms with Gasteiger partial charge in [-0.05, 0) is 31.0 Å². The van der Waals surface area contributed by atoms with Crippen LogP contribution in [-0.4, -0.2) is 49.9 Å². The zero-order valence-corrected chi connectivity index (χ0v) is 13.1. The number of piperidine rings is 1. The third-order valence-corrected chi connectivity index (χ3v) is 4.16. The van der Waals surface area contributed by atoms with Gasteiger partial charge in [0.25, 0.3) is 5.91 Å². The monoisotopic (exact) mass is 323 g/mol. The molecule has 7 heteroatoms. The molecule has 1 atom stereocenters. The van der Waals surface area contributed by atoms with E-state index in [9.17, 15) is 4.79 Å². The summed E-state index contributed by atoms with van der Waals surface area (Å²) in [6.07, 6.45) is 8.17. The number of fused-ring (bicyclic) bond motifs is 1. The number of hydrogen-bond acceptors (Lipinski definition) is 5. The summed E-state index contributed by atoms with van der Waals surface area (Å²) in [5.74, 6) is 0.509. The maximum absolute atomic E-state index is 12.8. The van der Waals surface area contributed by atoms with E-state index < -0.39 is 0 Å². The Morgan fingerprint density at radius 1 is 1.29 bits per heavy atom. The van der Waals surface area contributed by atoms with Crippen LogP contribution in [-0.2, 0) is 0 Å². The minimum absolute atomic E-state index is 0.0129. The van der Waals surface area contributed by atoms with Gasteiger partial charge in [-0.1, -0.05) is 0 Å². The molecule has 4 rings (SSSR count). The van der Waals surface area contributed by atoms with Crippen molar-refractivity contribution < 1.29 is 9.53 Å². The quantitative estimate of drug-likeness (QED) is 0.797. The van der Waals surface area contributed by atoms with Crippen LogP contribution in [0.15, 0.2) is 43.1 Å². The third-order valence-electron chi connectivity index (χ3n) is 4.16. The lowest BCUT2D eigenvalue weighted by Gasteiger charge is -2.32. The average Bonchev–Trinajstić information content (AvgIpc) is 3.10. The van der Waals surface area contributed by atoms with E-state index >= 15 is 0 Å². The van der Waals surface area contributed by atoms with E-state index in [1.165, 1.54) is 0 Å². The van der Waals surface area contributed by atoms with Crippen molar-refractivity contribution in [2.75, 3.05) is 13.1 Å². The highest BCUT2D eigenvalue weighted by molar-refractivity contribution is 5.97. The van der Waals surface area contributed by atoms with Gasteiger partial charge in [-0.15, -0.1) is 0 Å². The molecule has 7 nitrogen and oxygen atoms in total. The normalized spacial score (nSPS) is 17.8. The number of H-pyrrole nitrogens is 1. The number of carbonyl (C=O) groups excluding carboxylic acids is 1. The van der Waals surface area contributed by atoms with Crippen molar-refractivity contribution >= 4 is 16.9 Å². The molecule has 0 bridgehead atoms. The third kappa shape index (κ3) is 2.92. The highest BCUT2D eigenvalue weighted by atomic mass is 16.5. The predicted molar refractivity (Wildman–Crippen MR) is 87.7 cm³/mol. The number of likely N-dealkylation sites (tertiary alicyclic amines) is 1. The molecule has 2 aromatic heterocycles. The first-order chi connectivity index (χ1) is 11.8. The van der Waals surface area contributed by atoms with Crippen LogP contribution in [0.2, 0.25) is 0 Å². The topological polar surface area (TPSA) is 84.0 Å². The van der Waals surface area contributed by atoms with Crippen molar-refractivity contribution in [3.8, 4) is 5.88 Å². The Hall–Kier alpha value is -2.96. The fourth-order valence-corrected chi connectivity index (χ4v) is 2.99. The van der Waals surface area contributed by atoms with Crippen LogP contribution in [0.25, 0.3) is 11.0 Å². The first-order valence-electron chi connectivity index (χ1n) is 7.95. The van der Waals surface area contributed by atoms with Gasteiger partial charge in [-0.2, -0.15) is 0 Å². The van der Waals surface area contributed by atoms with Gasteiger partial charge in [0, 0.05) is 24.5 Å². The van der Waals surface area contributed by atoms with E-state index in [0.29, 0.717) is 18.0 Å². The summed E-state index contributed by atoms with van der Waals surface area (Å²) < 4.78 is 5.85. The maximum atomic E-state index is 12.8. The number of carbonyl (C=O) groups is 1. The van der Waals surface area contributed by atoms with Crippen LogP contribution >= 0.6 is 0 Å². The summed E-state index contributed by atoms with van der Waals surface area (Å²) in [5, 5.41) is 0. The van der Waals surface area contributed by atoms with Gasteiger partial charge >= 0.3 is 0 Å². The predicted octanol–water partition coefficient (Wildman–Crippen LogP) is 2.04. The van der Waals surface area contributed by atoms with E-state index in [1.807, 2.05) is 23.1 Å². The number of aromatic nitrogens is 4. The molecule has 1 aliphatic heterocycles. The SMILES string of the molecule is O=C(c1ccc2nc[nH]c2c1)N1CCCC(Oc2cnccn2)C1. The molecule has 1 N–H and O–H groups in total. The first-order valence-corrected chi connectivity index (χ1v) is 7.95. The second-order valence-corrected chi connectivity index (χ2v) is 5.81. The summed E-state index contributed by atoms with van der Waals surface area (Å²) in [6.45, 7) is 1.29. The molecule has 1 saturated heterocycles. The number of imidazole rings is 1. The van der Waals surface area contributed by atoms with E-state index in [4.69, 9.17) is 4.74 Å². The lowest BCUT2D eigenvalue weighted by molar-refractivity contribution is 0.0527. The van der Waals surface area contributed by atoms with Crippen molar-refractivity contribution in [1.82, 2.24) is 24.8 Å². The Labute approximate surface area is 138 Å². The zero-order valence-electron chi connectivity index (χ0n) is 13.1. The Kier molecular flexibility index (Phi) is 3.82. The van der Waals surface area contributed by atoms with Crippen LogP contribution in [0.5, 0.6) is 5.88 Å². The first kappa shape index (κ1) is 14.6. The Morgan fingerprint density at radius 2 is 2.25 bits per heavy atom. The molecule has 1 fully saturated rings. The van der Waals surface area contributed by atoms with Gasteiger partial charge < -0.3 is 14.6 Å². The van der Waals surface area contributed by atoms with Gasteiger partial charge in [0.15, 0.2) is 0 Å². The van der Waals surface area contributed by atoms with Crippen molar-refractivity contribution in [3.63, 3.8) is 0 Å². The van der Waals surface area contributed by atoms with Gasteiger partial charge in [0.2, 0.25) is 5.88 Å². The molecule has 0 aliphatic carbocycles. The molecule has 1 aliphatic rings. The van der Waals surface area contributed by atoms with Crippen molar-refractivity contribution in [3.05, 3.63) is 48.7 Å². The fraction of sp³-hybridized carbons (Fsp3) is 0.294. The van der Waals surface area contributed by atoms with Gasteiger partial charge in [-0.25, -0.2) is 9.97 Å². The lowest BCUT2D eigenvalue weighted by atomic mass is 10.1. The maximum Gasteiger partial charge on any atom is 0.254 e. The molecular formula is C17H17N5O2. The standard InChI is InChI=1S/C17H17N5O2/c23-17(12-3-4-14-15(8-12)21-11-20-14)22-7-1-2-13(10-22)24-16-9-18-5-6-19-16/h3-6,8-9,11,13H,1-2,7,10H2,(H,20,21). The van der Waals surface area contributed by atoms with Crippen LogP contribution in [0.1, 0.15) is 23.2 Å².